The van der Waals surface area contributed by atoms with E-state index in [1.54, 1.807) is 12.1 Å². The van der Waals surface area contributed by atoms with Gasteiger partial charge in [0, 0.05) is 5.02 Å². The number of hydrogen-bond donors (Lipinski definition) is 2. The predicted molar refractivity (Wildman–Crippen MR) is 76.0 cm³/mol. The third-order valence-electron chi connectivity index (χ3n) is 2.00. The van der Waals surface area contributed by atoms with E-state index in [0.29, 0.717) is 27.5 Å². The number of hydrogen-bond acceptors (Lipinski definition) is 3. The van der Waals surface area contributed by atoms with Crippen molar-refractivity contribution in [3.05, 3.63) is 21.6 Å². The van der Waals surface area contributed by atoms with E-state index in [9.17, 15) is 4.79 Å². The van der Waals surface area contributed by atoms with Crippen LogP contribution >= 0.6 is 27.5 Å². The molecule has 0 spiro atoms. The summed E-state index contributed by atoms with van der Waals surface area (Å²) in [6.45, 7) is 0.460. The highest BCUT2D eigenvalue weighted by Crippen LogP contribution is 2.36. The first-order valence-electron chi connectivity index (χ1n) is 5.05. The molecule has 1 aromatic carbocycles. The minimum atomic E-state index is -0.224. The molecule has 0 saturated carbocycles. The van der Waals surface area contributed by atoms with Crippen molar-refractivity contribution in [1.29, 1.82) is 0 Å². The fraction of sp³-hybridized carbons (Fsp3) is 0.250. The van der Waals surface area contributed by atoms with E-state index < -0.39 is 0 Å². The number of amides is 1. The summed E-state index contributed by atoms with van der Waals surface area (Å²) < 4.78 is 5.86. The van der Waals surface area contributed by atoms with Gasteiger partial charge in [-0.15, -0.1) is 6.42 Å². The lowest BCUT2D eigenvalue weighted by Crippen LogP contribution is -2.28. The van der Waals surface area contributed by atoms with E-state index in [2.05, 4.69) is 32.5 Å². The molecule has 0 fully saturated rings. The Balaban J connectivity index is 2.77. The van der Waals surface area contributed by atoms with Gasteiger partial charge in [-0.2, -0.15) is 0 Å². The molecular formula is C12H12BrClN2O2. The van der Waals surface area contributed by atoms with Gasteiger partial charge >= 0.3 is 0 Å². The number of rotatable bonds is 5. The summed E-state index contributed by atoms with van der Waals surface area (Å²) in [4.78, 5) is 11.6. The second kappa shape index (κ2) is 7.27. The molecule has 0 aromatic heterocycles. The van der Waals surface area contributed by atoms with Gasteiger partial charge in [-0.1, -0.05) is 17.5 Å². The molecule has 0 aliphatic carbocycles. The molecule has 96 valence electrons. The Morgan fingerprint density at radius 2 is 2.33 bits per heavy atom. The van der Waals surface area contributed by atoms with Crippen LogP contribution in [-0.2, 0) is 4.79 Å². The van der Waals surface area contributed by atoms with E-state index in [-0.39, 0.29) is 12.5 Å². The zero-order chi connectivity index (χ0) is 13.5. The van der Waals surface area contributed by atoms with Gasteiger partial charge in [-0.3, -0.25) is 10.1 Å². The number of carbonyl (C=O) groups excluding carboxylic acids is 1. The predicted octanol–water partition coefficient (Wildman–Crippen LogP) is 2.27. The molecule has 1 rings (SSSR count). The molecule has 0 bridgehead atoms. The van der Waals surface area contributed by atoms with Crippen LogP contribution in [0.2, 0.25) is 5.02 Å². The Labute approximate surface area is 119 Å². The highest BCUT2D eigenvalue weighted by atomic mass is 79.9. The summed E-state index contributed by atoms with van der Waals surface area (Å²) >= 11 is 9.22. The first kappa shape index (κ1) is 14.8. The van der Waals surface area contributed by atoms with Gasteiger partial charge in [0.2, 0.25) is 5.91 Å². The summed E-state index contributed by atoms with van der Waals surface area (Å²) in [5.74, 6) is 2.68. The Hall–Kier alpha value is -1.22. The van der Waals surface area contributed by atoms with Crippen molar-refractivity contribution < 1.29 is 9.53 Å². The largest absolute Gasteiger partial charge is 0.493 e. The summed E-state index contributed by atoms with van der Waals surface area (Å²) in [6, 6.07) is 3.30. The maximum atomic E-state index is 11.6. The lowest BCUT2D eigenvalue weighted by molar-refractivity contribution is -0.115. The van der Waals surface area contributed by atoms with E-state index in [0.717, 1.165) is 0 Å². The third-order valence-corrected chi connectivity index (χ3v) is 2.81. The van der Waals surface area contributed by atoms with Crippen molar-refractivity contribution in [1.82, 2.24) is 5.32 Å². The minimum Gasteiger partial charge on any atom is -0.493 e. The normalized spacial score (nSPS) is 9.67. The van der Waals surface area contributed by atoms with Crippen molar-refractivity contribution in [2.75, 3.05) is 25.5 Å². The van der Waals surface area contributed by atoms with Crippen molar-refractivity contribution >= 4 is 39.1 Å². The fourth-order valence-electron chi connectivity index (χ4n) is 1.30. The lowest BCUT2D eigenvalue weighted by atomic mass is 10.3. The zero-order valence-electron chi connectivity index (χ0n) is 9.72. The standard InChI is InChI=1S/C12H12BrClN2O2/c1-3-4-15-7-11(17)16-10-6-8(14)5-9(13)12(10)18-2/h1,5-6,15H,4,7H2,2H3,(H,16,17). The molecule has 0 aliphatic rings. The van der Waals surface area contributed by atoms with Gasteiger partial charge in [0.15, 0.2) is 5.75 Å². The molecule has 0 radical (unpaired) electrons. The van der Waals surface area contributed by atoms with Crippen LogP contribution in [0.1, 0.15) is 0 Å². The topological polar surface area (TPSA) is 50.4 Å². The van der Waals surface area contributed by atoms with Crippen LogP contribution in [0, 0.1) is 12.3 Å². The van der Waals surface area contributed by atoms with Crippen LogP contribution in [0.3, 0.4) is 0 Å². The van der Waals surface area contributed by atoms with Gasteiger partial charge in [0.1, 0.15) is 0 Å². The molecule has 4 nitrogen and oxygen atoms in total. The first-order chi connectivity index (χ1) is 8.58. The molecule has 0 atom stereocenters. The number of halogens is 2. The molecule has 2 N–H and O–H groups in total. The maximum absolute atomic E-state index is 11.6. The number of carbonyl (C=O) groups is 1. The zero-order valence-corrected chi connectivity index (χ0v) is 12.1. The lowest BCUT2D eigenvalue weighted by Gasteiger charge is -2.12. The number of ether oxygens (including phenoxy) is 1. The van der Waals surface area contributed by atoms with E-state index in [1.807, 2.05) is 0 Å². The monoisotopic (exact) mass is 330 g/mol. The van der Waals surface area contributed by atoms with Crippen molar-refractivity contribution in [2.45, 2.75) is 0 Å². The van der Waals surface area contributed by atoms with Gasteiger partial charge in [0.25, 0.3) is 0 Å². The molecule has 18 heavy (non-hydrogen) atoms. The third kappa shape index (κ3) is 4.22. The second-order valence-corrected chi connectivity index (χ2v) is 4.62. The molecule has 0 aliphatic heterocycles. The highest BCUT2D eigenvalue weighted by Gasteiger charge is 2.11. The maximum Gasteiger partial charge on any atom is 0.238 e. The van der Waals surface area contributed by atoms with Crippen molar-refractivity contribution in [3.63, 3.8) is 0 Å². The average molecular weight is 332 g/mol. The van der Waals surface area contributed by atoms with Gasteiger partial charge in [-0.05, 0) is 28.1 Å². The quantitative estimate of drug-likeness (QED) is 0.643. The van der Waals surface area contributed by atoms with Crippen LogP contribution in [0.25, 0.3) is 0 Å². The molecule has 0 unspecified atom stereocenters. The van der Waals surface area contributed by atoms with Crippen molar-refractivity contribution in [2.24, 2.45) is 0 Å². The molecular weight excluding hydrogens is 320 g/mol. The summed E-state index contributed by atoms with van der Waals surface area (Å²) in [5.41, 5.74) is 0.504. The van der Waals surface area contributed by atoms with Crippen LogP contribution in [0.5, 0.6) is 5.75 Å². The van der Waals surface area contributed by atoms with Gasteiger partial charge in [0.05, 0.1) is 30.4 Å². The molecule has 1 amide bonds. The number of anilines is 1. The van der Waals surface area contributed by atoms with Crippen LogP contribution in [-0.4, -0.2) is 26.1 Å². The molecule has 0 saturated heterocycles. The van der Waals surface area contributed by atoms with E-state index >= 15 is 0 Å². The highest BCUT2D eigenvalue weighted by molar-refractivity contribution is 9.10. The first-order valence-corrected chi connectivity index (χ1v) is 6.22. The van der Waals surface area contributed by atoms with Crippen LogP contribution in [0.4, 0.5) is 5.69 Å². The minimum absolute atomic E-state index is 0.123. The fourth-order valence-corrected chi connectivity index (χ4v) is 2.28. The number of benzene rings is 1. The Morgan fingerprint density at radius 1 is 1.61 bits per heavy atom. The Kier molecular flexibility index (Phi) is 5.99. The van der Waals surface area contributed by atoms with Gasteiger partial charge < -0.3 is 10.1 Å². The molecule has 0 heterocycles. The SMILES string of the molecule is C#CCNCC(=O)Nc1cc(Cl)cc(Br)c1OC. The molecule has 6 heteroatoms. The smallest absolute Gasteiger partial charge is 0.238 e. The number of terminal acetylenes is 1. The summed E-state index contributed by atoms with van der Waals surface area (Å²) in [7, 11) is 1.51. The average Bonchev–Trinajstić information content (AvgIpc) is 2.28. The van der Waals surface area contributed by atoms with Crippen LogP contribution in [0.15, 0.2) is 16.6 Å². The number of methoxy groups -OCH3 is 1. The summed E-state index contributed by atoms with van der Waals surface area (Å²) in [6.07, 6.45) is 5.06. The van der Waals surface area contributed by atoms with E-state index in [4.69, 9.17) is 22.8 Å². The Bertz CT molecular complexity index is 486. The molecule has 1 aromatic rings. The Morgan fingerprint density at radius 3 is 2.94 bits per heavy atom. The summed E-state index contributed by atoms with van der Waals surface area (Å²) in [5, 5.41) is 5.98. The van der Waals surface area contributed by atoms with Crippen molar-refractivity contribution in [3.8, 4) is 18.1 Å². The van der Waals surface area contributed by atoms with Crippen LogP contribution < -0.4 is 15.4 Å². The van der Waals surface area contributed by atoms with E-state index in [1.165, 1.54) is 7.11 Å². The van der Waals surface area contributed by atoms with Gasteiger partial charge in [-0.25, -0.2) is 0 Å². The second-order valence-electron chi connectivity index (χ2n) is 3.32. The number of nitrogens with one attached hydrogen (secondary N) is 2.